The van der Waals surface area contributed by atoms with Gasteiger partial charge < -0.3 is 5.73 Å². The molecule has 0 amide bonds. The van der Waals surface area contributed by atoms with E-state index in [2.05, 4.69) is 25.9 Å². The van der Waals surface area contributed by atoms with Crippen LogP contribution < -0.4 is 5.73 Å². The van der Waals surface area contributed by atoms with Gasteiger partial charge in [-0.25, -0.2) is 4.98 Å². The molecule has 7 heteroatoms. The van der Waals surface area contributed by atoms with Crippen LogP contribution in [0.15, 0.2) is 10.9 Å². The minimum Gasteiger partial charge on any atom is -0.378 e. The molecule has 1 aromatic rings. The van der Waals surface area contributed by atoms with Gasteiger partial charge >= 0.3 is 5.69 Å². The maximum absolute atomic E-state index is 10.2. The van der Waals surface area contributed by atoms with E-state index in [-0.39, 0.29) is 16.2 Å². The van der Waals surface area contributed by atoms with Crippen LogP contribution in [0.3, 0.4) is 0 Å². The third kappa shape index (κ3) is 1.61. The Hall–Kier alpha value is -1.24. The Morgan fingerprint density at radius 2 is 2.36 bits per heavy atom. The van der Waals surface area contributed by atoms with Gasteiger partial charge in [-0.1, -0.05) is 0 Å². The zero-order chi connectivity index (χ0) is 8.43. The second kappa shape index (κ2) is 2.79. The van der Waals surface area contributed by atoms with Gasteiger partial charge in [-0.3, -0.25) is 10.1 Å². The number of nitrogens with zero attached hydrogens (tertiary/aromatic N) is 3. The summed E-state index contributed by atoms with van der Waals surface area (Å²) in [6.45, 7) is 0. The molecule has 11 heavy (non-hydrogen) atoms. The summed E-state index contributed by atoms with van der Waals surface area (Å²) >= 11 is 2.92. The average molecular weight is 219 g/mol. The molecule has 0 aliphatic heterocycles. The number of nitrogens with two attached hydrogens (primary N) is 1. The molecule has 1 rings (SSSR count). The van der Waals surface area contributed by atoms with Gasteiger partial charge in [-0.2, -0.15) is 4.98 Å². The van der Waals surface area contributed by atoms with Crippen molar-refractivity contribution in [2.24, 2.45) is 0 Å². The molecule has 0 unspecified atom stereocenters. The van der Waals surface area contributed by atoms with Crippen LogP contribution in [0.25, 0.3) is 0 Å². The Bertz CT molecular complexity index is 302. The Morgan fingerprint density at radius 1 is 1.73 bits per heavy atom. The molecule has 58 valence electrons. The van der Waals surface area contributed by atoms with Crippen LogP contribution in [0.4, 0.5) is 11.5 Å². The molecule has 1 aromatic heterocycles. The lowest BCUT2D eigenvalue weighted by Crippen LogP contribution is -1.99. The zero-order valence-electron chi connectivity index (χ0n) is 5.19. The molecule has 0 saturated carbocycles. The molecule has 0 aliphatic carbocycles. The monoisotopic (exact) mass is 218 g/mol. The molecule has 0 radical (unpaired) electrons. The molecule has 0 aliphatic rings. The predicted octanol–water partition coefficient (Wildman–Crippen LogP) is 0.729. The first-order valence-corrected chi connectivity index (χ1v) is 3.33. The third-order valence-electron chi connectivity index (χ3n) is 0.965. The summed E-state index contributed by atoms with van der Waals surface area (Å²) in [5.41, 5.74) is 4.92. The fraction of sp³-hybridized carbons (Fsp3) is 0. The van der Waals surface area contributed by atoms with Crippen LogP contribution in [-0.2, 0) is 0 Å². The fourth-order valence-corrected chi connectivity index (χ4v) is 0.800. The smallest absolute Gasteiger partial charge is 0.329 e. The summed E-state index contributed by atoms with van der Waals surface area (Å²) in [4.78, 5) is 16.6. The maximum atomic E-state index is 10.2. The van der Waals surface area contributed by atoms with Crippen molar-refractivity contribution < 1.29 is 4.92 Å². The molecule has 0 atom stereocenters. The number of aromatic nitrogens is 2. The summed E-state index contributed by atoms with van der Waals surface area (Å²) in [5.74, 6) is -0.142. The van der Waals surface area contributed by atoms with E-state index in [1.807, 2.05) is 0 Å². The molecule has 2 N–H and O–H groups in total. The number of hydrogen-bond acceptors (Lipinski definition) is 5. The molecular weight excluding hydrogens is 216 g/mol. The van der Waals surface area contributed by atoms with Crippen molar-refractivity contribution in [3.8, 4) is 0 Å². The minimum atomic E-state index is -0.637. The summed E-state index contributed by atoms with van der Waals surface area (Å²) < 4.78 is 0.237. The standard InChI is InChI=1S/C4H3BrN4O2/c5-4-7-1-2(9(10)11)3(6)8-4/h1H,(H2,6,7,8). The highest BCUT2D eigenvalue weighted by molar-refractivity contribution is 9.10. The topological polar surface area (TPSA) is 94.9 Å². The fourth-order valence-electron chi connectivity index (χ4n) is 0.507. The lowest BCUT2D eigenvalue weighted by molar-refractivity contribution is -0.384. The Labute approximate surface area is 69.7 Å². The highest BCUT2D eigenvalue weighted by Crippen LogP contribution is 2.17. The second-order valence-corrected chi connectivity index (χ2v) is 2.38. The molecule has 6 nitrogen and oxygen atoms in total. The van der Waals surface area contributed by atoms with Gasteiger partial charge in [0.05, 0.1) is 4.92 Å². The Kier molecular flexibility index (Phi) is 1.99. The molecule has 1 heterocycles. The number of nitrogen functional groups attached to an aromatic ring is 1. The molecule has 0 aromatic carbocycles. The normalized spacial score (nSPS) is 9.55. The van der Waals surface area contributed by atoms with E-state index in [0.29, 0.717) is 0 Å². The maximum Gasteiger partial charge on any atom is 0.329 e. The molecule has 0 fully saturated rings. The molecule has 0 spiro atoms. The largest absolute Gasteiger partial charge is 0.378 e. The van der Waals surface area contributed by atoms with Gasteiger partial charge in [-0.15, -0.1) is 0 Å². The number of hydrogen-bond donors (Lipinski definition) is 1. The van der Waals surface area contributed by atoms with Gasteiger partial charge in [0, 0.05) is 0 Å². The lowest BCUT2D eigenvalue weighted by Gasteiger charge is -1.93. The number of rotatable bonds is 1. The summed E-state index contributed by atoms with van der Waals surface area (Å²) in [7, 11) is 0. The average Bonchev–Trinajstić information content (AvgIpc) is 1.85. The first-order valence-electron chi connectivity index (χ1n) is 2.53. The minimum absolute atomic E-state index is 0.142. The van der Waals surface area contributed by atoms with Crippen molar-refractivity contribution >= 4 is 27.4 Å². The third-order valence-corrected chi connectivity index (χ3v) is 1.35. The summed E-state index contributed by atoms with van der Waals surface area (Å²) in [5, 5.41) is 10.2. The van der Waals surface area contributed by atoms with Crippen molar-refractivity contribution in [3.63, 3.8) is 0 Å². The van der Waals surface area contributed by atoms with Gasteiger partial charge in [0.25, 0.3) is 0 Å². The van der Waals surface area contributed by atoms with Gasteiger partial charge in [0.15, 0.2) is 4.73 Å². The van der Waals surface area contributed by atoms with E-state index in [0.717, 1.165) is 6.20 Å². The highest BCUT2D eigenvalue weighted by Gasteiger charge is 2.12. The first-order chi connectivity index (χ1) is 5.11. The van der Waals surface area contributed by atoms with Crippen LogP contribution in [0.2, 0.25) is 0 Å². The first kappa shape index (κ1) is 7.86. The van der Waals surface area contributed by atoms with Gasteiger partial charge in [-0.05, 0) is 15.9 Å². The number of anilines is 1. The molecule has 0 saturated heterocycles. The van der Waals surface area contributed by atoms with Crippen LogP contribution in [-0.4, -0.2) is 14.9 Å². The van der Waals surface area contributed by atoms with E-state index >= 15 is 0 Å². The molecular formula is C4H3BrN4O2. The van der Waals surface area contributed by atoms with Crippen molar-refractivity contribution in [2.75, 3.05) is 5.73 Å². The van der Waals surface area contributed by atoms with Crippen molar-refractivity contribution in [1.82, 2.24) is 9.97 Å². The quantitative estimate of drug-likeness (QED) is 0.426. The van der Waals surface area contributed by atoms with E-state index in [4.69, 9.17) is 5.73 Å². The van der Waals surface area contributed by atoms with Crippen molar-refractivity contribution in [3.05, 3.63) is 21.0 Å². The second-order valence-electron chi connectivity index (χ2n) is 1.67. The SMILES string of the molecule is Nc1nc(Br)ncc1[N+](=O)[O-]. The van der Waals surface area contributed by atoms with Crippen LogP contribution in [0, 0.1) is 10.1 Å². The highest BCUT2D eigenvalue weighted by atomic mass is 79.9. The lowest BCUT2D eigenvalue weighted by atomic mass is 10.5. The van der Waals surface area contributed by atoms with E-state index < -0.39 is 4.92 Å². The van der Waals surface area contributed by atoms with E-state index in [9.17, 15) is 10.1 Å². The Balaban J connectivity index is 3.20. The van der Waals surface area contributed by atoms with E-state index in [1.54, 1.807) is 0 Å². The van der Waals surface area contributed by atoms with Crippen molar-refractivity contribution in [1.29, 1.82) is 0 Å². The number of halogens is 1. The zero-order valence-corrected chi connectivity index (χ0v) is 6.78. The summed E-state index contributed by atoms with van der Waals surface area (Å²) in [6.07, 6.45) is 1.05. The van der Waals surface area contributed by atoms with Gasteiger partial charge in [0.2, 0.25) is 5.82 Å². The van der Waals surface area contributed by atoms with Crippen molar-refractivity contribution in [2.45, 2.75) is 0 Å². The van der Waals surface area contributed by atoms with Gasteiger partial charge in [0.1, 0.15) is 6.20 Å². The summed E-state index contributed by atoms with van der Waals surface area (Å²) in [6, 6.07) is 0. The predicted molar refractivity (Wildman–Crippen MR) is 40.8 cm³/mol. The van der Waals surface area contributed by atoms with Crippen LogP contribution in [0.5, 0.6) is 0 Å². The number of nitro groups is 1. The van der Waals surface area contributed by atoms with Crippen LogP contribution in [0.1, 0.15) is 0 Å². The van der Waals surface area contributed by atoms with E-state index in [1.165, 1.54) is 0 Å². The Morgan fingerprint density at radius 3 is 2.82 bits per heavy atom. The molecule has 0 bridgehead atoms. The van der Waals surface area contributed by atoms with Crippen LogP contribution >= 0.6 is 15.9 Å².